The molecule has 0 aromatic heterocycles. The van der Waals surface area contributed by atoms with Crippen LogP contribution in [0.25, 0.3) is 0 Å². The molecule has 1 saturated carbocycles. The molecule has 0 unspecified atom stereocenters. The number of hydrogen-bond acceptors (Lipinski definition) is 2. The van der Waals surface area contributed by atoms with Crippen LogP contribution in [0.1, 0.15) is 70.3 Å². The molecule has 0 atom stereocenters. The highest BCUT2D eigenvalue weighted by Gasteiger charge is 2.87. The van der Waals surface area contributed by atoms with Crippen LogP contribution in [-0.4, -0.2) is 35.8 Å². The predicted molar refractivity (Wildman–Crippen MR) is 116 cm³/mol. The molecule has 1 aliphatic rings. The number of aryl methyl sites for hydroxylation is 1. The van der Waals surface area contributed by atoms with Gasteiger partial charge in [0.1, 0.15) is 0 Å². The molecule has 1 fully saturated rings. The maximum atomic E-state index is 14.4. The molecule has 1 aromatic carbocycles. The van der Waals surface area contributed by atoms with E-state index >= 15 is 0 Å². The standard InChI is InChI=1S/C25H28F12O2/c1-2-3-4-5-6-7-15-8-13-19(18(26)14-15)39-20(38)16-9-11-17(12-10-16)21(27,28)22(29,30)23(31,32)24(33,34)25(35,36)37/h8,13-14,16-17H,2-7,9-12H2,1H3. The van der Waals surface area contributed by atoms with E-state index in [0.717, 1.165) is 38.2 Å². The minimum atomic E-state index is -7.46. The smallest absolute Gasteiger partial charge is 0.423 e. The lowest BCUT2D eigenvalue weighted by molar-refractivity contribution is -0.427. The van der Waals surface area contributed by atoms with Gasteiger partial charge in [-0.3, -0.25) is 4.79 Å². The van der Waals surface area contributed by atoms with Gasteiger partial charge in [-0.25, -0.2) is 4.39 Å². The Morgan fingerprint density at radius 3 is 1.87 bits per heavy atom. The first-order chi connectivity index (χ1) is 17.8. The first-order valence-corrected chi connectivity index (χ1v) is 12.4. The number of carbonyl (C=O) groups is 1. The Morgan fingerprint density at radius 1 is 0.795 bits per heavy atom. The van der Waals surface area contributed by atoms with Gasteiger partial charge in [-0.05, 0) is 56.2 Å². The second-order valence-electron chi connectivity index (χ2n) is 9.74. The van der Waals surface area contributed by atoms with Crippen LogP contribution in [0.5, 0.6) is 5.75 Å². The summed E-state index contributed by atoms with van der Waals surface area (Å²) < 4.78 is 166. The van der Waals surface area contributed by atoms with E-state index in [9.17, 15) is 57.5 Å². The average Bonchev–Trinajstić information content (AvgIpc) is 2.84. The van der Waals surface area contributed by atoms with Crippen LogP contribution >= 0.6 is 0 Å². The summed E-state index contributed by atoms with van der Waals surface area (Å²) in [5.74, 6) is -34.4. The lowest BCUT2D eigenvalue weighted by atomic mass is 9.76. The van der Waals surface area contributed by atoms with Gasteiger partial charge in [-0.15, -0.1) is 0 Å². The lowest BCUT2D eigenvalue weighted by Crippen LogP contribution is -2.67. The molecule has 39 heavy (non-hydrogen) atoms. The van der Waals surface area contributed by atoms with Gasteiger partial charge in [-0.1, -0.05) is 38.7 Å². The third kappa shape index (κ3) is 6.78. The van der Waals surface area contributed by atoms with Crippen LogP contribution in [0, 0.1) is 17.7 Å². The van der Waals surface area contributed by atoms with Gasteiger partial charge >= 0.3 is 35.8 Å². The van der Waals surface area contributed by atoms with Crippen molar-refractivity contribution in [1.82, 2.24) is 0 Å². The van der Waals surface area contributed by atoms with Gasteiger partial charge in [0, 0.05) is 5.92 Å². The molecule has 14 heteroatoms. The first kappa shape index (κ1) is 33.1. The molecular weight excluding hydrogens is 560 g/mol. The normalized spacial score (nSPS) is 19.7. The fraction of sp³-hybridized carbons (Fsp3) is 0.720. The molecule has 0 amide bonds. The molecule has 2 rings (SSSR count). The summed E-state index contributed by atoms with van der Waals surface area (Å²) in [6.07, 6.45) is -5.22. The zero-order valence-corrected chi connectivity index (χ0v) is 20.8. The van der Waals surface area contributed by atoms with Gasteiger partial charge in [0.15, 0.2) is 11.6 Å². The number of halogens is 12. The number of carbonyl (C=O) groups excluding carboxylic acids is 1. The average molecular weight is 588 g/mol. The van der Waals surface area contributed by atoms with Crippen LogP contribution in [0.2, 0.25) is 0 Å². The zero-order valence-electron chi connectivity index (χ0n) is 20.8. The van der Waals surface area contributed by atoms with Crippen molar-refractivity contribution in [3.63, 3.8) is 0 Å². The van der Waals surface area contributed by atoms with Crippen molar-refractivity contribution in [2.45, 2.75) is 101 Å². The number of hydrogen-bond donors (Lipinski definition) is 0. The Balaban J connectivity index is 2.01. The zero-order chi connectivity index (χ0) is 29.9. The molecule has 0 bridgehead atoms. The molecule has 0 N–H and O–H groups in total. The second-order valence-corrected chi connectivity index (χ2v) is 9.74. The van der Waals surface area contributed by atoms with E-state index in [0.29, 0.717) is 12.0 Å². The van der Waals surface area contributed by atoms with E-state index in [2.05, 4.69) is 6.92 Å². The fourth-order valence-electron chi connectivity index (χ4n) is 4.44. The van der Waals surface area contributed by atoms with Crippen molar-refractivity contribution in [2.75, 3.05) is 0 Å². The summed E-state index contributed by atoms with van der Waals surface area (Å²) in [5.41, 5.74) is 0.639. The number of ether oxygens (including phenoxy) is 1. The summed E-state index contributed by atoms with van der Waals surface area (Å²) in [5, 5.41) is 0. The van der Waals surface area contributed by atoms with E-state index in [1.54, 1.807) is 0 Å². The van der Waals surface area contributed by atoms with E-state index < -0.39 is 84.9 Å². The van der Waals surface area contributed by atoms with Gasteiger partial charge < -0.3 is 4.74 Å². The third-order valence-electron chi connectivity index (χ3n) is 6.91. The summed E-state index contributed by atoms with van der Waals surface area (Å²) in [6, 6.07) is 3.85. The summed E-state index contributed by atoms with van der Waals surface area (Å²) in [4.78, 5) is 12.4. The fourth-order valence-corrected chi connectivity index (χ4v) is 4.44. The molecule has 0 radical (unpaired) electrons. The minimum Gasteiger partial charge on any atom is -0.423 e. The number of unbranched alkanes of at least 4 members (excludes halogenated alkanes) is 4. The first-order valence-electron chi connectivity index (χ1n) is 12.4. The Kier molecular flexibility index (Phi) is 10.3. The largest absolute Gasteiger partial charge is 0.460 e. The van der Waals surface area contributed by atoms with Crippen LogP contribution in [-0.2, 0) is 11.2 Å². The molecule has 0 spiro atoms. The second kappa shape index (κ2) is 12.2. The summed E-state index contributed by atoms with van der Waals surface area (Å²) in [7, 11) is 0. The molecule has 0 heterocycles. The van der Waals surface area contributed by atoms with Gasteiger partial charge in [-0.2, -0.15) is 48.3 Å². The van der Waals surface area contributed by atoms with Crippen LogP contribution in [0.3, 0.4) is 0 Å². The number of benzene rings is 1. The Morgan fingerprint density at radius 2 is 1.36 bits per heavy atom. The van der Waals surface area contributed by atoms with E-state index in [1.165, 1.54) is 12.1 Å². The Bertz CT molecular complexity index is 966. The highest BCUT2D eigenvalue weighted by molar-refractivity contribution is 5.75. The van der Waals surface area contributed by atoms with Gasteiger partial charge in [0.2, 0.25) is 0 Å². The number of alkyl halides is 11. The third-order valence-corrected chi connectivity index (χ3v) is 6.91. The molecule has 224 valence electrons. The highest BCUT2D eigenvalue weighted by atomic mass is 19.4. The lowest BCUT2D eigenvalue weighted by Gasteiger charge is -2.41. The molecule has 2 nitrogen and oxygen atoms in total. The van der Waals surface area contributed by atoms with Crippen molar-refractivity contribution >= 4 is 5.97 Å². The number of rotatable bonds is 12. The highest BCUT2D eigenvalue weighted by Crippen LogP contribution is 2.60. The van der Waals surface area contributed by atoms with Crippen molar-refractivity contribution in [2.24, 2.45) is 11.8 Å². The van der Waals surface area contributed by atoms with Crippen molar-refractivity contribution in [3.8, 4) is 5.75 Å². The predicted octanol–water partition coefficient (Wildman–Crippen LogP) is 9.15. The maximum absolute atomic E-state index is 14.4. The Hall–Kier alpha value is -2.15. The van der Waals surface area contributed by atoms with Crippen LogP contribution in [0.15, 0.2) is 18.2 Å². The molecule has 1 aliphatic carbocycles. The van der Waals surface area contributed by atoms with E-state index in [4.69, 9.17) is 4.74 Å². The van der Waals surface area contributed by atoms with Gasteiger partial charge in [0.25, 0.3) is 0 Å². The molecular formula is C25H28F12O2. The number of esters is 1. The van der Waals surface area contributed by atoms with Crippen molar-refractivity contribution in [3.05, 3.63) is 29.6 Å². The summed E-state index contributed by atoms with van der Waals surface area (Å²) in [6.45, 7) is 2.06. The molecule has 1 aromatic rings. The minimum absolute atomic E-state index is 0.484. The Labute approximate surface area is 217 Å². The quantitative estimate of drug-likeness (QED) is 0.105. The van der Waals surface area contributed by atoms with Gasteiger partial charge in [0.05, 0.1) is 5.92 Å². The summed E-state index contributed by atoms with van der Waals surface area (Å²) >= 11 is 0. The molecule has 0 aliphatic heterocycles. The topological polar surface area (TPSA) is 26.3 Å². The maximum Gasteiger partial charge on any atom is 0.460 e. The molecule has 0 saturated heterocycles. The van der Waals surface area contributed by atoms with E-state index in [-0.39, 0.29) is 0 Å². The van der Waals surface area contributed by atoms with E-state index in [1.807, 2.05) is 0 Å². The SMILES string of the molecule is CCCCCCCc1ccc(OC(=O)C2CCC(C(F)(F)C(F)(F)C(F)(F)C(F)(F)C(F)(F)F)CC2)c(F)c1. The monoisotopic (exact) mass is 588 g/mol. The van der Waals surface area contributed by atoms with Crippen LogP contribution < -0.4 is 4.74 Å². The van der Waals surface area contributed by atoms with Crippen molar-refractivity contribution < 1.29 is 62.2 Å². The van der Waals surface area contributed by atoms with Crippen LogP contribution in [0.4, 0.5) is 52.7 Å². The van der Waals surface area contributed by atoms with Crippen molar-refractivity contribution in [1.29, 1.82) is 0 Å².